The Kier molecular flexibility index (Phi) is 6.61. The molecule has 1 aromatic heterocycles. The minimum absolute atomic E-state index is 0.0800. The lowest BCUT2D eigenvalue weighted by Gasteiger charge is -2.36. The molecule has 2 heterocycles. The molecule has 130 valence electrons. The Morgan fingerprint density at radius 3 is 2.87 bits per heavy atom. The van der Waals surface area contributed by atoms with Gasteiger partial charge in [-0.15, -0.1) is 11.3 Å². The van der Waals surface area contributed by atoms with Crippen molar-refractivity contribution in [3.05, 3.63) is 22.4 Å². The molecular weight excluding hydrogens is 332 g/mol. The second-order valence-electron chi connectivity index (χ2n) is 6.19. The van der Waals surface area contributed by atoms with Gasteiger partial charge in [0.2, 0.25) is 15.9 Å². The number of amides is 1. The van der Waals surface area contributed by atoms with Gasteiger partial charge in [0, 0.05) is 37.5 Å². The first-order chi connectivity index (χ1) is 10.9. The first-order valence-corrected chi connectivity index (χ1v) is 10.8. The molecule has 0 saturated carbocycles. The normalized spacial score (nSPS) is 19.3. The minimum atomic E-state index is -3.22. The maximum atomic E-state index is 12.5. The minimum Gasteiger partial charge on any atom is -0.340 e. The predicted octanol–water partition coefficient (Wildman–Crippen LogP) is 2.34. The summed E-state index contributed by atoms with van der Waals surface area (Å²) in [6, 6.07) is 4.49. The van der Waals surface area contributed by atoms with Crippen LogP contribution in [0.3, 0.4) is 0 Å². The van der Waals surface area contributed by atoms with Gasteiger partial charge in [-0.1, -0.05) is 6.07 Å². The van der Waals surface area contributed by atoms with E-state index in [2.05, 4.69) is 17.5 Å². The standard InChI is InChI=1S/C16H26N2O3S2/c1-17(23(2,20)21)12-10-16(19)18-11-4-3-6-14(18)8-9-15-7-5-13-22-15/h5,7,13-14H,3-4,6,8-12H2,1-2H3. The van der Waals surface area contributed by atoms with Crippen molar-refractivity contribution in [2.75, 3.05) is 26.4 Å². The molecule has 0 bridgehead atoms. The van der Waals surface area contributed by atoms with E-state index in [0.29, 0.717) is 6.04 Å². The molecule has 0 N–H and O–H groups in total. The Labute approximate surface area is 143 Å². The first-order valence-electron chi connectivity index (χ1n) is 8.11. The zero-order valence-electron chi connectivity index (χ0n) is 13.9. The predicted molar refractivity (Wildman–Crippen MR) is 94.1 cm³/mol. The maximum absolute atomic E-state index is 12.5. The van der Waals surface area contributed by atoms with Crippen LogP contribution in [0, 0.1) is 0 Å². The lowest BCUT2D eigenvalue weighted by Crippen LogP contribution is -2.45. The highest BCUT2D eigenvalue weighted by Crippen LogP contribution is 2.23. The fourth-order valence-electron chi connectivity index (χ4n) is 2.96. The van der Waals surface area contributed by atoms with Crippen LogP contribution in [-0.2, 0) is 21.2 Å². The number of nitrogens with zero attached hydrogens (tertiary/aromatic N) is 2. The smallest absolute Gasteiger partial charge is 0.224 e. The number of likely N-dealkylation sites (tertiary alicyclic amines) is 1. The molecule has 1 saturated heterocycles. The van der Waals surface area contributed by atoms with Crippen molar-refractivity contribution in [1.29, 1.82) is 0 Å². The summed E-state index contributed by atoms with van der Waals surface area (Å²) in [7, 11) is -1.70. The monoisotopic (exact) mass is 358 g/mol. The van der Waals surface area contributed by atoms with E-state index in [1.807, 2.05) is 4.90 Å². The third-order valence-electron chi connectivity index (χ3n) is 4.46. The lowest BCUT2D eigenvalue weighted by molar-refractivity contribution is -0.135. The van der Waals surface area contributed by atoms with Crippen LogP contribution in [0.25, 0.3) is 0 Å². The first kappa shape index (κ1) is 18.4. The van der Waals surface area contributed by atoms with Crippen LogP contribution in [0.2, 0.25) is 0 Å². The number of aryl methyl sites for hydroxylation is 1. The van der Waals surface area contributed by atoms with Crippen molar-refractivity contribution < 1.29 is 13.2 Å². The molecule has 1 aromatic rings. The third-order valence-corrected chi connectivity index (χ3v) is 6.71. The summed E-state index contributed by atoms with van der Waals surface area (Å²) in [6.45, 7) is 1.06. The average Bonchev–Trinajstić information content (AvgIpc) is 3.03. The third kappa shape index (κ3) is 5.58. The summed E-state index contributed by atoms with van der Waals surface area (Å²) in [4.78, 5) is 15.8. The van der Waals surface area contributed by atoms with Crippen LogP contribution >= 0.6 is 11.3 Å². The number of carbonyl (C=O) groups excluding carboxylic acids is 1. The van der Waals surface area contributed by atoms with Crippen LogP contribution in [0.4, 0.5) is 0 Å². The van der Waals surface area contributed by atoms with Crippen LogP contribution in [0.1, 0.15) is 37.0 Å². The number of rotatable bonds is 7. The Balaban J connectivity index is 1.87. The van der Waals surface area contributed by atoms with E-state index in [4.69, 9.17) is 0 Å². The van der Waals surface area contributed by atoms with Gasteiger partial charge in [-0.2, -0.15) is 0 Å². The number of piperidine rings is 1. The molecule has 0 aromatic carbocycles. The average molecular weight is 359 g/mol. The van der Waals surface area contributed by atoms with E-state index in [1.54, 1.807) is 11.3 Å². The number of hydrogen-bond donors (Lipinski definition) is 0. The number of carbonyl (C=O) groups is 1. The molecule has 1 atom stereocenters. The van der Waals surface area contributed by atoms with Gasteiger partial charge in [0.15, 0.2) is 0 Å². The van der Waals surface area contributed by atoms with Crippen LogP contribution in [0.15, 0.2) is 17.5 Å². The van der Waals surface area contributed by atoms with Crippen molar-refractivity contribution in [2.24, 2.45) is 0 Å². The molecular formula is C16H26N2O3S2. The molecule has 7 heteroatoms. The Bertz CT molecular complexity index is 599. The molecule has 1 aliphatic rings. The molecule has 23 heavy (non-hydrogen) atoms. The molecule has 5 nitrogen and oxygen atoms in total. The molecule has 1 unspecified atom stereocenters. The molecule has 0 aliphatic carbocycles. The Morgan fingerprint density at radius 1 is 1.43 bits per heavy atom. The second-order valence-corrected chi connectivity index (χ2v) is 9.31. The summed E-state index contributed by atoms with van der Waals surface area (Å²) in [5.74, 6) is 0.0800. The van der Waals surface area contributed by atoms with E-state index in [-0.39, 0.29) is 18.9 Å². The molecule has 1 fully saturated rings. The summed E-state index contributed by atoms with van der Waals surface area (Å²) < 4.78 is 24.1. The molecule has 2 rings (SSSR count). The van der Waals surface area contributed by atoms with Gasteiger partial charge in [0.05, 0.1) is 6.26 Å². The highest BCUT2D eigenvalue weighted by Gasteiger charge is 2.26. The fourth-order valence-corrected chi connectivity index (χ4v) is 4.10. The van der Waals surface area contributed by atoms with Crippen molar-refractivity contribution in [2.45, 2.75) is 44.6 Å². The Hall–Kier alpha value is -0.920. The maximum Gasteiger partial charge on any atom is 0.224 e. The lowest BCUT2D eigenvalue weighted by atomic mass is 9.97. The zero-order chi connectivity index (χ0) is 16.9. The summed E-state index contributed by atoms with van der Waals surface area (Å²) in [5.41, 5.74) is 0. The van der Waals surface area contributed by atoms with Gasteiger partial charge >= 0.3 is 0 Å². The second kappa shape index (κ2) is 8.26. The molecule has 1 amide bonds. The van der Waals surface area contributed by atoms with Gasteiger partial charge in [-0.3, -0.25) is 4.79 Å². The highest BCUT2D eigenvalue weighted by molar-refractivity contribution is 7.88. The van der Waals surface area contributed by atoms with Gasteiger partial charge in [-0.05, 0) is 43.6 Å². The fraction of sp³-hybridized carbons (Fsp3) is 0.688. The van der Waals surface area contributed by atoms with Crippen molar-refractivity contribution in [3.8, 4) is 0 Å². The van der Waals surface area contributed by atoms with Gasteiger partial charge in [0.1, 0.15) is 0 Å². The SMILES string of the molecule is CN(CCC(=O)N1CCCCC1CCc1cccs1)S(C)(=O)=O. The summed E-state index contributed by atoms with van der Waals surface area (Å²) in [5, 5.41) is 2.08. The van der Waals surface area contributed by atoms with Crippen molar-refractivity contribution >= 4 is 27.3 Å². The summed E-state index contributed by atoms with van der Waals surface area (Å²) in [6.07, 6.45) is 6.70. The number of thiophene rings is 1. The van der Waals surface area contributed by atoms with Crippen molar-refractivity contribution in [3.63, 3.8) is 0 Å². The van der Waals surface area contributed by atoms with Gasteiger partial charge < -0.3 is 4.90 Å². The largest absolute Gasteiger partial charge is 0.340 e. The van der Waals surface area contributed by atoms with E-state index in [0.717, 1.165) is 32.2 Å². The summed E-state index contributed by atoms with van der Waals surface area (Å²) >= 11 is 1.76. The van der Waals surface area contributed by atoms with E-state index in [9.17, 15) is 13.2 Å². The van der Waals surface area contributed by atoms with Crippen molar-refractivity contribution in [1.82, 2.24) is 9.21 Å². The van der Waals surface area contributed by atoms with Gasteiger partial charge in [0.25, 0.3) is 0 Å². The topological polar surface area (TPSA) is 57.7 Å². The molecule has 0 radical (unpaired) electrons. The quantitative estimate of drug-likeness (QED) is 0.752. The molecule has 1 aliphatic heterocycles. The molecule has 0 spiro atoms. The Morgan fingerprint density at radius 2 is 2.22 bits per heavy atom. The van der Waals surface area contributed by atoms with Crippen LogP contribution in [-0.4, -0.2) is 56.0 Å². The van der Waals surface area contributed by atoms with Crippen LogP contribution in [0.5, 0.6) is 0 Å². The zero-order valence-corrected chi connectivity index (χ0v) is 15.5. The highest BCUT2D eigenvalue weighted by atomic mass is 32.2. The number of sulfonamides is 1. The van der Waals surface area contributed by atoms with E-state index >= 15 is 0 Å². The van der Waals surface area contributed by atoms with E-state index < -0.39 is 10.0 Å². The van der Waals surface area contributed by atoms with E-state index in [1.165, 1.54) is 28.9 Å². The number of hydrogen-bond acceptors (Lipinski definition) is 4. The van der Waals surface area contributed by atoms with Gasteiger partial charge in [-0.25, -0.2) is 12.7 Å². The van der Waals surface area contributed by atoms with Crippen LogP contribution < -0.4 is 0 Å².